The molecule has 0 aromatic carbocycles. The Morgan fingerprint density at radius 3 is 2.64 bits per heavy atom. The summed E-state index contributed by atoms with van der Waals surface area (Å²) in [4.78, 5) is 0. The summed E-state index contributed by atoms with van der Waals surface area (Å²) in [5.74, 6) is 3.30. The van der Waals surface area contributed by atoms with E-state index >= 15 is 0 Å². The Labute approximate surface area is 69.6 Å². The molecule has 0 bridgehead atoms. The van der Waals surface area contributed by atoms with Crippen LogP contribution < -0.4 is 5.32 Å². The van der Waals surface area contributed by atoms with E-state index in [-0.39, 0.29) is 0 Å². The largest absolute Gasteiger partial charge is 0.314 e. The highest BCUT2D eigenvalue weighted by Crippen LogP contribution is 2.54. The molecule has 2 aliphatic rings. The van der Waals surface area contributed by atoms with E-state index in [1.54, 1.807) is 6.42 Å². The van der Waals surface area contributed by atoms with Gasteiger partial charge in [0.2, 0.25) is 0 Å². The van der Waals surface area contributed by atoms with Gasteiger partial charge in [0.25, 0.3) is 0 Å². The minimum atomic E-state index is 0.674. The summed E-state index contributed by atoms with van der Waals surface area (Å²) in [5, 5.41) is 3.54. The average molecular weight is 153 g/mol. The lowest BCUT2D eigenvalue weighted by molar-refractivity contribution is 0.419. The summed E-state index contributed by atoms with van der Waals surface area (Å²) in [6, 6.07) is 0.674. The highest BCUT2D eigenvalue weighted by atomic mass is 14.9. The number of hydrogen-bond acceptors (Lipinski definition) is 1. The van der Waals surface area contributed by atoms with Crippen molar-refractivity contribution >= 4 is 0 Å². The number of fused-ring (bicyclic) bond motifs is 1. The van der Waals surface area contributed by atoms with Crippen molar-refractivity contribution in [2.75, 3.05) is 6.54 Å². The molecule has 64 valence electrons. The summed E-state index contributed by atoms with van der Waals surface area (Å²) < 4.78 is 0. The SMILES string of the molecule is CC(C)NCC1CCC2CC12. The van der Waals surface area contributed by atoms with Crippen molar-refractivity contribution in [2.24, 2.45) is 17.8 Å². The maximum atomic E-state index is 3.54. The zero-order valence-corrected chi connectivity index (χ0v) is 7.64. The van der Waals surface area contributed by atoms with Crippen LogP contribution in [0.4, 0.5) is 0 Å². The molecular weight excluding hydrogens is 134 g/mol. The molecule has 0 aliphatic heterocycles. The fourth-order valence-electron chi connectivity index (χ4n) is 2.46. The minimum Gasteiger partial charge on any atom is -0.314 e. The van der Waals surface area contributed by atoms with Gasteiger partial charge in [0.05, 0.1) is 0 Å². The lowest BCUT2D eigenvalue weighted by Crippen LogP contribution is -2.28. The fourth-order valence-corrected chi connectivity index (χ4v) is 2.46. The molecule has 0 spiro atoms. The molecule has 2 fully saturated rings. The van der Waals surface area contributed by atoms with Crippen LogP contribution in [0.3, 0.4) is 0 Å². The molecule has 2 saturated carbocycles. The first kappa shape index (κ1) is 7.60. The second-order valence-corrected chi connectivity index (χ2v) is 4.56. The number of nitrogens with one attached hydrogen (secondary N) is 1. The van der Waals surface area contributed by atoms with Gasteiger partial charge in [0.1, 0.15) is 0 Å². The van der Waals surface area contributed by atoms with Crippen LogP contribution >= 0.6 is 0 Å². The molecule has 0 heterocycles. The number of hydrogen-bond donors (Lipinski definition) is 1. The van der Waals surface area contributed by atoms with Gasteiger partial charge in [0.15, 0.2) is 0 Å². The molecule has 0 aromatic heterocycles. The Morgan fingerprint density at radius 2 is 2.18 bits per heavy atom. The van der Waals surface area contributed by atoms with Crippen LogP contribution in [0, 0.1) is 17.8 Å². The van der Waals surface area contributed by atoms with Gasteiger partial charge >= 0.3 is 0 Å². The third-order valence-electron chi connectivity index (χ3n) is 3.28. The van der Waals surface area contributed by atoms with Gasteiger partial charge in [-0.1, -0.05) is 13.8 Å². The zero-order valence-electron chi connectivity index (χ0n) is 7.64. The molecule has 1 N–H and O–H groups in total. The van der Waals surface area contributed by atoms with Gasteiger partial charge in [-0.05, 0) is 43.6 Å². The molecule has 3 unspecified atom stereocenters. The summed E-state index contributed by atoms with van der Waals surface area (Å²) >= 11 is 0. The molecule has 0 aromatic rings. The molecule has 11 heavy (non-hydrogen) atoms. The fraction of sp³-hybridized carbons (Fsp3) is 1.00. The van der Waals surface area contributed by atoms with Crippen LogP contribution in [0.25, 0.3) is 0 Å². The highest BCUT2D eigenvalue weighted by molar-refractivity contribution is 4.98. The number of rotatable bonds is 3. The van der Waals surface area contributed by atoms with Crippen LogP contribution in [0.15, 0.2) is 0 Å². The van der Waals surface area contributed by atoms with E-state index in [9.17, 15) is 0 Å². The molecule has 0 saturated heterocycles. The van der Waals surface area contributed by atoms with Crippen LogP contribution in [0.5, 0.6) is 0 Å². The topological polar surface area (TPSA) is 12.0 Å². The molecule has 3 atom stereocenters. The lowest BCUT2D eigenvalue weighted by atomic mass is 10.0. The third kappa shape index (κ3) is 1.58. The first-order valence-corrected chi connectivity index (χ1v) is 5.00. The maximum absolute atomic E-state index is 3.54. The van der Waals surface area contributed by atoms with E-state index in [0.29, 0.717) is 6.04 Å². The Balaban J connectivity index is 1.70. The monoisotopic (exact) mass is 153 g/mol. The highest BCUT2D eigenvalue weighted by Gasteiger charge is 2.47. The van der Waals surface area contributed by atoms with Crippen molar-refractivity contribution in [3.8, 4) is 0 Å². The molecule has 1 heteroatoms. The van der Waals surface area contributed by atoms with Gasteiger partial charge in [-0.25, -0.2) is 0 Å². The molecule has 0 radical (unpaired) electrons. The van der Waals surface area contributed by atoms with Crippen molar-refractivity contribution in [3.05, 3.63) is 0 Å². The van der Waals surface area contributed by atoms with Crippen molar-refractivity contribution < 1.29 is 0 Å². The first-order chi connectivity index (χ1) is 5.27. The molecule has 2 rings (SSSR count). The third-order valence-corrected chi connectivity index (χ3v) is 3.28. The predicted octanol–water partition coefficient (Wildman–Crippen LogP) is 2.03. The standard InChI is InChI=1S/C10H19N/c1-7(2)11-6-9-4-3-8-5-10(8)9/h7-11H,3-6H2,1-2H3. The van der Waals surface area contributed by atoms with Gasteiger partial charge in [-0.15, -0.1) is 0 Å². The lowest BCUT2D eigenvalue weighted by Gasteiger charge is -2.14. The van der Waals surface area contributed by atoms with Crippen molar-refractivity contribution in [3.63, 3.8) is 0 Å². The van der Waals surface area contributed by atoms with Gasteiger partial charge < -0.3 is 5.32 Å². The quantitative estimate of drug-likeness (QED) is 0.654. The maximum Gasteiger partial charge on any atom is 0.00104 e. The van der Waals surface area contributed by atoms with Crippen LogP contribution in [0.1, 0.15) is 33.1 Å². The van der Waals surface area contributed by atoms with Gasteiger partial charge in [-0.3, -0.25) is 0 Å². The van der Waals surface area contributed by atoms with E-state index in [1.165, 1.54) is 19.4 Å². The second kappa shape index (κ2) is 2.78. The van der Waals surface area contributed by atoms with E-state index in [0.717, 1.165) is 17.8 Å². The Kier molecular flexibility index (Phi) is 1.92. The van der Waals surface area contributed by atoms with Crippen molar-refractivity contribution in [1.82, 2.24) is 5.32 Å². The predicted molar refractivity (Wildman–Crippen MR) is 47.5 cm³/mol. The van der Waals surface area contributed by atoms with Gasteiger partial charge in [0, 0.05) is 6.04 Å². The van der Waals surface area contributed by atoms with E-state index in [1.807, 2.05) is 0 Å². The minimum absolute atomic E-state index is 0.674. The average Bonchev–Trinajstić information content (AvgIpc) is 2.62. The van der Waals surface area contributed by atoms with E-state index in [4.69, 9.17) is 0 Å². The Hall–Kier alpha value is -0.0400. The second-order valence-electron chi connectivity index (χ2n) is 4.56. The zero-order chi connectivity index (χ0) is 7.84. The molecule has 2 aliphatic carbocycles. The van der Waals surface area contributed by atoms with Gasteiger partial charge in [-0.2, -0.15) is 0 Å². The molecular formula is C10H19N. The Morgan fingerprint density at radius 1 is 1.36 bits per heavy atom. The molecule has 1 nitrogen and oxygen atoms in total. The molecule has 0 amide bonds. The summed E-state index contributed by atoms with van der Waals surface area (Å²) in [6.45, 7) is 5.75. The first-order valence-electron chi connectivity index (χ1n) is 5.00. The summed E-state index contributed by atoms with van der Waals surface area (Å²) in [6.07, 6.45) is 4.56. The van der Waals surface area contributed by atoms with Crippen molar-refractivity contribution in [1.29, 1.82) is 0 Å². The summed E-state index contributed by atoms with van der Waals surface area (Å²) in [7, 11) is 0. The van der Waals surface area contributed by atoms with Crippen LogP contribution in [0.2, 0.25) is 0 Å². The van der Waals surface area contributed by atoms with Crippen LogP contribution in [-0.2, 0) is 0 Å². The van der Waals surface area contributed by atoms with E-state index in [2.05, 4.69) is 19.2 Å². The van der Waals surface area contributed by atoms with Crippen molar-refractivity contribution in [2.45, 2.75) is 39.2 Å². The Bertz CT molecular complexity index is 142. The van der Waals surface area contributed by atoms with E-state index < -0.39 is 0 Å². The smallest absolute Gasteiger partial charge is 0.00104 e. The summed E-state index contributed by atoms with van der Waals surface area (Å²) in [5.41, 5.74) is 0. The van der Waals surface area contributed by atoms with Crippen LogP contribution in [-0.4, -0.2) is 12.6 Å². The normalized spacial score (nSPS) is 41.2.